The zero-order chi connectivity index (χ0) is 22.5. The molecule has 3 rings (SSSR count). The third kappa shape index (κ3) is 4.78. The van der Waals surface area contributed by atoms with Crippen LogP contribution in [0.5, 0.6) is 5.75 Å². The van der Waals surface area contributed by atoms with Crippen LogP contribution in [0.2, 0.25) is 0 Å². The monoisotopic (exact) mass is 427 g/mol. The van der Waals surface area contributed by atoms with Gasteiger partial charge >= 0.3 is 5.97 Å². The summed E-state index contributed by atoms with van der Waals surface area (Å²) < 4.78 is 15.6. The molecular formula is C20H17N3O8. The number of ether oxygens (including phenoxy) is 2. The van der Waals surface area contributed by atoms with Crippen LogP contribution in [0.1, 0.15) is 26.5 Å². The van der Waals surface area contributed by atoms with Crippen LogP contribution < -0.4 is 15.6 Å². The first-order valence-corrected chi connectivity index (χ1v) is 8.88. The van der Waals surface area contributed by atoms with Crippen molar-refractivity contribution in [1.29, 1.82) is 0 Å². The van der Waals surface area contributed by atoms with E-state index in [1.165, 1.54) is 19.2 Å². The number of hydrazine groups is 1. The number of furan rings is 1. The second kappa shape index (κ2) is 8.95. The second-order valence-electron chi connectivity index (χ2n) is 6.30. The number of nitrogens with zero attached hydrogens (tertiary/aromatic N) is 1. The first-order chi connectivity index (χ1) is 14.8. The number of methoxy groups -OCH3 is 1. The van der Waals surface area contributed by atoms with Crippen LogP contribution in [0.25, 0.3) is 11.0 Å². The summed E-state index contributed by atoms with van der Waals surface area (Å²) in [6.45, 7) is 1.01. The summed E-state index contributed by atoms with van der Waals surface area (Å²) in [5, 5.41) is 11.3. The average molecular weight is 427 g/mol. The fraction of sp³-hybridized carbons (Fsp3) is 0.150. The zero-order valence-electron chi connectivity index (χ0n) is 16.5. The molecule has 2 aromatic carbocycles. The molecule has 0 aliphatic rings. The maximum Gasteiger partial charge on any atom is 0.375 e. The lowest BCUT2D eigenvalue weighted by atomic mass is 10.1. The van der Waals surface area contributed by atoms with Gasteiger partial charge < -0.3 is 13.9 Å². The number of nitro benzene ring substituents is 1. The number of aryl methyl sites for hydroxylation is 1. The number of hydrogen-bond donors (Lipinski definition) is 2. The van der Waals surface area contributed by atoms with Crippen LogP contribution in [-0.4, -0.2) is 36.4 Å². The number of non-ortho nitro benzene ring substituents is 1. The maximum absolute atomic E-state index is 12.3. The Kier molecular flexibility index (Phi) is 6.15. The summed E-state index contributed by atoms with van der Waals surface area (Å²) in [6.07, 6.45) is 0. The highest BCUT2D eigenvalue weighted by Crippen LogP contribution is 2.29. The Bertz CT molecular complexity index is 1170. The summed E-state index contributed by atoms with van der Waals surface area (Å²) in [5.41, 5.74) is 5.12. The molecule has 2 amide bonds. The number of amides is 2. The summed E-state index contributed by atoms with van der Waals surface area (Å²) >= 11 is 0. The molecule has 0 saturated heterocycles. The van der Waals surface area contributed by atoms with Crippen LogP contribution in [0.3, 0.4) is 0 Å². The molecule has 0 fully saturated rings. The molecule has 0 unspecified atom stereocenters. The van der Waals surface area contributed by atoms with Gasteiger partial charge in [-0.2, -0.15) is 0 Å². The van der Waals surface area contributed by atoms with Gasteiger partial charge in [-0.3, -0.25) is 30.6 Å². The van der Waals surface area contributed by atoms with E-state index in [1.807, 2.05) is 0 Å². The lowest BCUT2D eigenvalue weighted by Gasteiger charge is -2.07. The molecule has 0 bridgehead atoms. The van der Waals surface area contributed by atoms with Crippen LogP contribution in [0.15, 0.2) is 46.9 Å². The number of carbonyl (C=O) groups is 3. The van der Waals surface area contributed by atoms with Crippen molar-refractivity contribution in [3.05, 3.63) is 69.5 Å². The van der Waals surface area contributed by atoms with E-state index in [1.54, 1.807) is 25.1 Å². The van der Waals surface area contributed by atoms with E-state index in [0.717, 1.165) is 12.1 Å². The molecule has 3 aromatic rings. The highest BCUT2D eigenvalue weighted by molar-refractivity contribution is 5.98. The topological polar surface area (TPSA) is 150 Å². The zero-order valence-corrected chi connectivity index (χ0v) is 16.5. The number of hydrogen-bond acceptors (Lipinski definition) is 8. The highest BCUT2D eigenvalue weighted by Gasteiger charge is 2.20. The van der Waals surface area contributed by atoms with Gasteiger partial charge in [-0.25, -0.2) is 4.79 Å². The van der Waals surface area contributed by atoms with Crippen LogP contribution >= 0.6 is 0 Å². The highest BCUT2D eigenvalue weighted by atomic mass is 16.6. The lowest BCUT2D eigenvalue weighted by molar-refractivity contribution is -0.384. The Morgan fingerprint density at radius 1 is 1.10 bits per heavy atom. The number of benzene rings is 2. The number of nitro groups is 1. The van der Waals surface area contributed by atoms with Gasteiger partial charge in [0.05, 0.1) is 12.0 Å². The second-order valence-corrected chi connectivity index (χ2v) is 6.30. The van der Waals surface area contributed by atoms with Crippen molar-refractivity contribution in [3.63, 3.8) is 0 Å². The first-order valence-electron chi connectivity index (χ1n) is 8.88. The van der Waals surface area contributed by atoms with E-state index in [2.05, 4.69) is 10.9 Å². The van der Waals surface area contributed by atoms with Gasteiger partial charge in [0, 0.05) is 28.6 Å². The molecule has 0 radical (unpaired) electrons. The quantitative estimate of drug-likeness (QED) is 0.345. The fourth-order valence-electron chi connectivity index (χ4n) is 2.69. The summed E-state index contributed by atoms with van der Waals surface area (Å²) in [4.78, 5) is 46.1. The van der Waals surface area contributed by atoms with Gasteiger partial charge in [-0.05, 0) is 37.3 Å². The summed E-state index contributed by atoms with van der Waals surface area (Å²) in [7, 11) is 1.52. The molecule has 0 aliphatic carbocycles. The Hall–Kier alpha value is -4.41. The third-order valence-electron chi connectivity index (χ3n) is 4.32. The molecule has 2 N–H and O–H groups in total. The Morgan fingerprint density at radius 2 is 1.81 bits per heavy atom. The molecule has 11 heteroatoms. The summed E-state index contributed by atoms with van der Waals surface area (Å²) in [6, 6.07) is 9.83. The number of fused-ring (bicyclic) bond motifs is 1. The molecule has 0 saturated carbocycles. The third-order valence-corrected chi connectivity index (χ3v) is 4.32. The van der Waals surface area contributed by atoms with Crippen molar-refractivity contribution in [2.24, 2.45) is 0 Å². The normalized spacial score (nSPS) is 10.4. The van der Waals surface area contributed by atoms with E-state index in [4.69, 9.17) is 13.9 Å². The van der Waals surface area contributed by atoms with Crippen molar-refractivity contribution in [1.82, 2.24) is 10.9 Å². The number of carbonyl (C=O) groups excluding carboxylic acids is 3. The van der Waals surface area contributed by atoms with Crippen molar-refractivity contribution >= 4 is 34.4 Å². The predicted octanol–water partition coefficient (Wildman–Crippen LogP) is 2.28. The average Bonchev–Trinajstić information content (AvgIpc) is 3.11. The first kappa shape index (κ1) is 21.3. The molecular weight excluding hydrogens is 410 g/mol. The van der Waals surface area contributed by atoms with Crippen LogP contribution in [0.4, 0.5) is 5.69 Å². The Labute approximate surface area is 175 Å². The minimum absolute atomic E-state index is 0.0500. The van der Waals surface area contributed by atoms with Crippen molar-refractivity contribution in [2.75, 3.05) is 13.7 Å². The summed E-state index contributed by atoms with van der Waals surface area (Å²) in [5.74, 6) is -1.79. The Balaban J connectivity index is 1.54. The smallest absolute Gasteiger partial charge is 0.375 e. The van der Waals surface area contributed by atoms with Crippen molar-refractivity contribution < 1.29 is 33.2 Å². The van der Waals surface area contributed by atoms with Gasteiger partial charge in [-0.15, -0.1) is 0 Å². The maximum atomic E-state index is 12.3. The fourth-order valence-corrected chi connectivity index (χ4v) is 2.69. The van der Waals surface area contributed by atoms with Crippen molar-refractivity contribution in [2.45, 2.75) is 6.92 Å². The molecule has 0 spiro atoms. The molecule has 0 atom stereocenters. The molecule has 0 aliphatic heterocycles. The lowest BCUT2D eigenvalue weighted by Crippen LogP contribution is -2.43. The minimum atomic E-state index is -0.843. The van der Waals surface area contributed by atoms with Gasteiger partial charge in [0.2, 0.25) is 5.76 Å². The van der Waals surface area contributed by atoms with Crippen LogP contribution in [-0.2, 0) is 9.53 Å². The number of rotatable bonds is 6. The largest absolute Gasteiger partial charge is 0.497 e. The standard InChI is InChI=1S/C20H17N3O8/c1-11-15-9-14(29-2)7-8-16(15)31-18(11)20(26)30-10-17(24)21-22-19(25)12-3-5-13(6-4-12)23(27)28/h3-9H,10H2,1-2H3,(H,21,24)(H,22,25). The molecule has 160 valence electrons. The van der Waals surface area contributed by atoms with Gasteiger partial charge in [0.15, 0.2) is 6.61 Å². The van der Waals surface area contributed by atoms with Gasteiger partial charge in [0.1, 0.15) is 11.3 Å². The van der Waals surface area contributed by atoms with Gasteiger partial charge in [0.25, 0.3) is 17.5 Å². The van der Waals surface area contributed by atoms with Gasteiger partial charge in [-0.1, -0.05) is 0 Å². The predicted molar refractivity (Wildman–Crippen MR) is 106 cm³/mol. The van der Waals surface area contributed by atoms with E-state index >= 15 is 0 Å². The Morgan fingerprint density at radius 3 is 2.45 bits per heavy atom. The SMILES string of the molecule is COc1ccc2oc(C(=O)OCC(=O)NNC(=O)c3ccc([N+](=O)[O-])cc3)c(C)c2c1. The molecule has 1 heterocycles. The van der Waals surface area contributed by atoms with E-state index in [-0.39, 0.29) is 17.0 Å². The molecule has 11 nitrogen and oxygen atoms in total. The number of nitrogens with one attached hydrogen (secondary N) is 2. The molecule has 1 aromatic heterocycles. The minimum Gasteiger partial charge on any atom is -0.497 e. The molecule has 31 heavy (non-hydrogen) atoms. The van der Waals surface area contributed by atoms with E-state index < -0.39 is 29.3 Å². The van der Waals surface area contributed by atoms with Crippen molar-refractivity contribution in [3.8, 4) is 5.75 Å². The van der Waals surface area contributed by atoms with E-state index in [9.17, 15) is 24.5 Å². The number of esters is 1. The van der Waals surface area contributed by atoms with Crippen LogP contribution in [0, 0.1) is 17.0 Å². The van der Waals surface area contributed by atoms with E-state index in [0.29, 0.717) is 22.3 Å².